The molecule has 0 aliphatic heterocycles. The first-order valence-corrected chi connectivity index (χ1v) is 5.95. The molecule has 0 bridgehead atoms. The van der Waals surface area contributed by atoms with E-state index in [2.05, 4.69) is 5.32 Å². The van der Waals surface area contributed by atoms with Crippen molar-refractivity contribution in [1.29, 1.82) is 0 Å². The van der Waals surface area contributed by atoms with E-state index in [1.807, 2.05) is 6.92 Å². The Labute approximate surface area is 107 Å². The summed E-state index contributed by atoms with van der Waals surface area (Å²) in [7, 11) is 0. The maximum atomic E-state index is 11.7. The molecule has 5 heteroatoms. The molecule has 5 N–H and O–H groups in total. The molecule has 0 radical (unpaired) electrons. The average molecular weight is 252 g/mol. The van der Waals surface area contributed by atoms with Crippen LogP contribution < -0.4 is 11.1 Å². The molecule has 2 atom stereocenters. The Morgan fingerprint density at radius 3 is 2.56 bits per heavy atom. The molecular weight excluding hydrogens is 232 g/mol. The molecule has 18 heavy (non-hydrogen) atoms. The van der Waals surface area contributed by atoms with Crippen LogP contribution in [0.3, 0.4) is 0 Å². The summed E-state index contributed by atoms with van der Waals surface area (Å²) in [4.78, 5) is 11.7. The van der Waals surface area contributed by atoms with Gasteiger partial charge in [-0.2, -0.15) is 0 Å². The average Bonchev–Trinajstić information content (AvgIpc) is 2.38. The van der Waals surface area contributed by atoms with Gasteiger partial charge in [-0.05, 0) is 30.0 Å². The van der Waals surface area contributed by atoms with E-state index in [1.165, 1.54) is 0 Å². The number of phenolic OH excluding ortho intramolecular Hbond substituents is 1. The first kappa shape index (κ1) is 14.5. The van der Waals surface area contributed by atoms with Crippen LogP contribution in [0.5, 0.6) is 5.75 Å². The summed E-state index contributed by atoms with van der Waals surface area (Å²) in [5.74, 6) is -0.0215. The number of hydrogen-bond donors (Lipinski definition) is 4. The van der Waals surface area contributed by atoms with Gasteiger partial charge < -0.3 is 21.3 Å². The summed E-state index contributed by atoms with van der Waals surface area (Å²) in [6.07, 6.45) is 0.416. The van der Waals surface area contributed by atoms with Gasteiger partial charge in [-0.25, -0.2) is 0 Å². The Kier molecular flexibility index (Phi) is 5.61. The minimum absolute atomic E-state index is 0.0230. The number of nitrogens with two attached hydrogens (primary N) is 1. The van der Waals surface area contributed by atoms with Gasteiger partial charge in [0, 0.05) is 13.2 Å². The van der Waals surface area contributed by atoms with E-state index in [4.69, 9.17) is 15.9 Å². The monoisotopic (exact) mass is 252 g/mol. The van der Waals surface area contributed by atoms with Crippen LogP contribution in [0.2, 0.25) is 0 Å². The number of amides is 1. The maximum Gasteiger partial charge on any atom is 0.237 e. The van der Waals surface area contributed by atoms with Crippen molar-refractivity contribution in [3.05, 3.63) is 29.8 Å². The largest absolute Gasteiger partial charge is 0.508 e. The lowest BCUT2D eigenvalue weighted by Gasteiger charge is -2.14. The van der Waals surface area contributed by atoms with Crippen LogP contribution in [0.4, 0.5) is 0 Å². The van der Waals surface area contributed by atoms with Crippen LogP contribution >= 0.6 is 0 Å². The molecule has 0 saturated carbocycles. The van der Waals surface area contributed by atoms with Crippen LogP contribution in [0, 0.1) is 5.92 Å². The van der Waals surface area contributed by atoms with Gasteiger partial charge in [-0.15, -0.1) is 0 Å². The molecule has 0 spiro atoms. The van der Waals surface area contributed by atoms with Crippen LogP contribution in [0.15, 0.2) is 24.3 Å². The number of aromatic hydroxyl groups is 1. The van der Waals surface area contributed by atoms with E-state index < -0.39 is 6.04 Å². The molecule has 1 aromatic carbocycles. The molecule has 0 aliphatic rings. The molecule has 2 unspecified atom stereocenters. The third-order valence-corrected chi connectivity index (χ3v) is 2.67. The summed E-state index contributed by atoms with van der Waals surface area (Å²) < 4.78 is 0. The fraction of sp³-hybridized carbons (Fsp3) is 0.462. The van der Waals surface area contributed by atoms with Crippen LogP contribution in [-0.2, 0) is 11.2 Å². The third kappa shape index (κ3) is 4.73. The number of hydrogen-bond acceptors (Lipinski definition) is 4. The Balaban J connectivity index is 2.42. The predicted molar refractivity (Wildman–Crippen MR) is 69.0 cm³/mol. The fourth-order valence-corrected chi connectivity index (χ4v) is 1.45. The number of carbonyl (C=O) groups is 1. The zero-order valence-electron chi connectivity index (χ0n) is 10.5. The fourth-order valence-electron chi connectivity index (χ4n) is 1.45. The van der Waals surface area contributed by atoms with Crippen molar-refractivity contribution >= 4 is 5.91 Å². The van der Waals surface area contributed by atoms with Gasteiger partial charge >= 0.3 is 0 Å². The van der Waals surface area contributed by atoms with Gasteiger partial charge in [-0.1, -0.05) is 19.1 Å². The van der Waals surface area contributed by atoms with Crippen molar-refractivity contribution in [2.24, 2.45) is 11.7 Å². The number of aliphatic hydroxyl groups excluding tert-OH is 1. The van der Waals surface area contributed by atoms with Gasteiger partial charge in [0.15, 0.2) is 0 Å². The van der Waals surface area contributed by atoms with Gasteiger partial charge in [-0.3, -0.25) is 4.79 Å². The summed E-state index contributed by atoms with van der Waals surface area (Å²) >= 11 is 0. The standard InChI is InChI=1S/C13H20N2O3/c1-9(8-16)7-15-13(18)12(14)6-10-2-4-11(17)5-3-10/h2-5,9,12,16-17H,6-8,14H2,1H3,(H,15,18). The molecule has 1 aromatic rings. The van der Waals surface area contributed by atoms with Crippen molar-refractivity contribution in [2.45, 2.75) is 19.4 Å². The summed E-state index contributed by atoms with van der Waals surface area (Å²) in [6.45, 7) is 2.29. The Bertz CT molecular complexity index is 378. The second-order valence-corrected chi connectivity index (χ2v) is 4.51. The number of nitrogens with one attached hydrogen (secondary N) is 1. The molecule has 1 rings (SSSR count). The number of benzene rings is 1. The summed E-state index contributed by atoms with van der Waals surface area (Å²) in [6, 6.07) is 5.97. The normalized spacial score (nSPS) is 13.9. The zero-order valence-corrected chi connectivity index (χ0v) is 10.5. The van der Waals surface area contributed by atoms with E-state index in [9.17, 15) is 4.79 Å². The highest BCUT2D eigenvalue weighted by molar-refractivity contribution is 5.81. The number of carbonyl (C=O) groups excluding carboxylic acids is 1. The Morgan fingerprint density at radius 2 is 2.00 bits per heavy atom. The molecule has 0 aromatic heterocycles. The first-order valence-electron chi connectivity index (χ1n) is 5.95. The van der Waals surface area contributed by atoms with Crippen molar-refractivity contribution < 1.29 is 15.0 Å². The minimum Gasteiger partial charge on any atom is -0.508 e. The molecule has 0 saturated heterocycles. The smallest absolute Gasteiger partial charge is 0.237 e. The minimum atomic E-state index is -0.625. The van der Waals surface area contributed by atoms with Crippen LogP contribution in [0.25, 0.3) is 0 Å². The summed E-state index contributed by atoms with van der Waals surface area (Å²) in [5, 5.41) is 20.7. The maximum absolute atomic E-state index is 11.7. The molecular formula is C13H20N2O3. The van der Waals surface area contributed by atoms with E-state index >= 15 is 0 Å². The lowest BCUT2D eigenvalue weighted by molar-refractivity contribution is -0.122. The quantitative estimate of drug-likeness (QED) is 0.573. The van der Waals surface area contributed by atoms with Crippen molar-refractivity contribution in [3.8, 4) is 5.75 Å². The zero-order chi connectivity index (χ0) is 13.5. The molecule has 100 valence electrons. The number of aliphatic hydroxyl groups is 1. The lowest BCUT2D eigenvalue weighted by atomic mass is 10.1. The number of rotatable bonds is 6. The molecule has 5 nitrogen and oxygen atoms in total. The Morgan fingerprint density at radius 1 is 1.39 bits per heavy atom. The summed E-state index contributed by atoms with van der Waals surface area (Å²) in [5.41, 5.74) is 6.67. The van der Waals surface area contributed by atoms with Gasteiger partial charge in [0.2, 0.25) is 5.91 Å². The van der Waals surface area contributed by atoms with Crippen molar-refractivity contribution in [3.63, 3.8) is 0 Å². The van der Waals surface area contributed by atoms with Crippen molar-refractivity contribution in [1.82, 2.24) is 5.32 Å². The second-order valence-electron chi connectivity index (χ2n) is 4.51. The van der Waals surface area contributed by atoms with Crippen molar-refractivity contribution in [2.75, 3.05) is 13.2 Å². The molecule has 0 heterocycles. The first-order chi connectivity index (χ1) is 8.52. The topological polar surface area (TPSA) is 95.6 Å². The predicted octanol–water partition coefficient (Wildman–Crippen LogP) is 0.00660. The lowest BCUT2D eigenvalue weighted by Crippen LogP contribution is -2.43. The van der Waals surface area contributed by atoms with Crippen LogP contribution in [0.1, 0.15) is 12.5 Å². The van der Waals surface area contributed by atoms with Gasteiger partial charge in [0.1, 0.15) is 5.75 Å². The highest BCUT2D eigenvalue weighted by atomic mass is 16.3. The van der Waals surface area contributed by atoms with E-state index in [0.717, 1.165) is 5.56 Å². The van der Waals surface area contributed by atoms with Gasteiger partial charge in [0.05, 0.1) is 6.04 Å². The highest BCUT2D eigenvalue weighted by Gasteiger charge is 2.14. The van der Waals surface area contributed by atoms with E-state index in [-0.39, 0.29) is 24.2 Å². The third-order valence-electron chi connectivity index (χ3n) is 2.67. The Hall–Kier alpha value is -1.59. The highest BCUT2D eigenvalue weighted by Crippen LogP contribution is 2.10. The van der Waals surface area contributed by atoms with Crippen LogP contribution in [-0.4, -0.2) is 35.3 Å². The van der Waals surface area contributed by atoms with E-state index in [0.29, 0.717) is 13.0 Å². The van der Waals surface area contributed by atoms with E-state index in [1.54, 1.807) is 24.3 Å². The number of phenols is 1. The molecule has 0 aliphatic carbocycles. The SMILES string of the molecule is CC(CO)CNC(=O)C(N)Cc1ccc(O)cc1. The molecule has 1 amide bonds. The second kappa shape index (κ2) is 6.98. The molecule has 0 fully saturated rings. The van der Waals surface area contributed by atoms with Gasteiger partial charge in [0.25, 0.3) is 0 Å².